The van der Waals surface area contributed by atoms with Crippen LogP contribution >= 0.6 is 0 Å². The third-order valence-electron chi connectivity index (χ3n) is 3.56. The highest BCUT2D eigenvalue weighted by Crippen LogP contribution is 2.21. The van der Waals surface area contributed by atoms with Crippen LogP contribution in [0.25, 0.3) is 0 Å². The number of halogens is 1. The monoisotopic (exact) mass is 257 g/mol. The molecule has 0 bridgehead atoms. The van der Waals surface area contributed by atoms with Gasteiger partial charge in [0.2, 0.25) is 0 Å². The topological polar surface area (TPSA) is 12.0 Å². The maximum absolute atomic E-state index is 13.3. The summed E-state index contributed by atoms with van der Waals surface area (Å²) in [6, 6.07) is 13.7. The summed E-state index contributed by atoms with van der Waals surface area (Å²) < 4.78 is 13.3. The zero-order chi connectivity index (χ0) is 13.8. The molecule has 0 amide bonds. The summed E-state index contributed by atoms with van der Waals surface area (Å²) in [5.41, 5.74) is 4.67. The summed E-state index contributed by atoms with van der Waals surface area (Å²) in [7, 11) is 1.94. The molecule has 0 saturated heterocycles. The van der Waals surface area contributed by atoms with E-state index in [-0.39, 0.29) is 11.9 Å². The highest BCUT2D eigenvalue weighted by atomic mass is 19.1. The van der Waals surface area contributed by atoms with Crippen LogP contribution in [0, 0.1) is 19.7 Å². The van der Waals surface area contributed by atoms with E-state index in [1.165, 1.54) is 17.2 Å². The van der Waals surface area contributed by atoms with E-state index in [2.05, 4.69) is 36.5 Å². The lowest BCUT2D eigenvalue weighted by Crippen LogP contribution is -2.19. The molecule has 1 N–H and O–H groups in total. The van der Waals surface area contributed by atoms with Crippen LogP contribution in [0.2, 0.25) is 0 Å². The molecule has 0 saturated carbocycles. The second kappa shape index (κ2) is 5.98. The maximum Gasteiger partial charge on any atom is 0.123 e. The molecule has 100 valence electrons. The Morgan fingerprint density at radius 2 is 1.74 bits per heavy atom. The first-order valence-corrected chi connectivity index (χ1v) is 6.59. The van der Waals surface area contributed by atoms with Crippen molar-refractivity contribution in [2.75, 3.05) is 7.05 Å². The van der Waals surface area contributed by atoms with Gasteiger partial charge in [-0.25, -0.2) is 4.39 Å². The minimum atomic E-state index is -0.167. The van der Waals surface area contributed by atoms with Gasteiger partial charge in [-0.2, -0.15) is 0 Å². The Kier molecular flexibility index (Phi) is 4.33. The number of likely N-dealkylation sites (N-methyl/N-ethyl adjacent to an activating group) is 1. The molecular weight excluding hydrogens is 237 g/mol. The molecule has 2 heteroatoms. The quantitative estimate of drug-likeness (QED) is 0.874. The van der Waals surface area contributed by atoms with Gasteiger partial charge in [0.05, 0.1) is 0 Å². The number of hydrogen-bond donors (Lipinski definition) is 1. The summed E-state index contributed by atoms with van der Waals surface area (Å²) in [5.74, 6) is -0.167. The molecule has 0 heterocycles. The van der Waals surface area contributed by atoms with Crippen LogP contribution in [0.4, 0.5) is 4.39 Å². The molecule has 0 fully saturated rings. The fourth-order valence-corrected chi connectivity index (χ4v) is 2.27. The molecular formula is C17H20FN. The summed E-state index contributed by atoms with van der Waals surface area (Å²) in [6.07, 6.45) is 0.795. The molecule has 0 aliphatic rings. The molecule has 0 aromatic heterocycles. The Hall–Kier alpha value is -1.67. The molecule has 1 atom stereocenters. The lowest BCUT2D eigenvalue weighted by Gasteiger charge is -2.18. The van der Waals surface area contributed by atoms with Crippen LogP contribution < -0.4 is 5.32 Å². The van der Waals surface area contributed by atoms with Crippen LogP contribution in [0.1, 0.15) is 28.3 Å². The molecule has 0 aliphatic heterocycles. The van der Waals surface area contributed by atoms with Crippen LogP contribution in [0.3, 0.4) is 0 Å². The number of nitrogens with one attached hydrogen (secondary N) is 1. The minimum Gasteiger partial charge on any atom is -0.313 e. The lowest BCUT2D eigenvalue weighted by molar-refractivity contribution is 0.582. The highest BCUT2D eigenvalue weighted by molar-refractivity contribution is 5.31. The van der Waals surface area contributed by atoms with E-state index in [1.807, 2.05) is 20.0 Å². The smallest absolute Gasteiger partial charge is 0.123 e. The Morgan fingerprint density at radius 1 is 1.05 bits per heavy atom. The fraction of sp³-hybridized carbons (Fsp3) is 0.294. The zero-order valence-corrected chi connectivity index (χ0v) is 11.7. The van der Waals surface area contributed by atoms with Gasteiger partial charge in [0, 0.05) is 6.04 Å². The molecule has 0 aliphatic carbocycles. The maximum atomic E-state index is 13.3. The number of benzene rings is 2. The van der Waals surface area contributed by atoms with Crippen molar-refractivity contribution >= 4 is 0 Å². The summed E-state index contributed by atoms with van der Waals surface area (Å²) in [5, 5.41) is 3.31. The molecule has 1 nitrogen and oxygen atoms in total. The van der Waals surface area contributed by atoms with Crippen LogP contribution in [0.15, 0.2) is 42.5 Å². The second-order valence-electron chi connectivity index (χ2n) is 5.03. The van der Waals surface area contributed by atoms with Gasteiger partial charge < -0.3 is 5.32 Å². The second-order valence-corrected chi connectivity index (χ2v) is 5.03. The van der Waals surface area contributed by atoms with Crippen molar-refractivity contribution in [3.05, 3.63) is 70.5 Å². The predicted octanol–water partition coefficient (Wildman–Crippen LogP) is 3.95. The summed E-state index contributed by atoms with van der Waals surface area (Å²) in [6.45, 7) is 4.10. The Morgan fingerprint density at radius 3 is 2.37 bits per heavy atom. The Bertz CT molecular complexity index is 546. The molecule has 0 spiro atoms. The van der Waals surface area contributed by atoms with E-state index in [0.717, 1.165) is 17.5 Å². The SMILES string of the molecule is CNC(Cc1cc(F)ccc1C)c1ccc(C)cc1. The average Bonchev–Trinajstić information content (AvgIpc) is 2.41. The van der Waals surface area contributed by atoms with E-state index < -0.39 is 0 Å². The summed E-state index contributed by atoms with van der Waals surface area (Å²) in [4.78, 5) is 0. The first kappa shape index (κ1) is 13.8. The van der Waals surface area contributed by atoms with Crippen LogP contribution in [-0.2, 0) is 6.42 Å². The van der Waals surface area contributed by atoms with E-state index >= 15 is 0 Å². The van der Waals surface area contributed by atoms with Crippen LogP contribution in [-0.4, -0.2) is 7.05 Å². The van der Waals surface area contributed by atoms with Crippen molar-refractivity contribution in [1.82, 2.24) is 5.32 Å². The fourth-order valence-electron chi connectivity index (χ4n) is 2.27. The lowest BCUT2D eigenvalue weighted by atomic mass is 9.95. The van der Waals surface area contributed by atoms with Gasteiger partial charge in [-0.1, -0.05) is 35.9 Å². The van der Waals surface area contributed by atoms with Crippen molar-refractivity contribution in [1.29, 1.82) is 0 Å². The van der Waals surface area contributed by atoms with Crippen molar-refractivity contribution < 1.29 is 4.39 Å². The van der Waals surface area contributed by atoms with Gasteiger partial charge in [-0.15, -0.1) is 0 Å². The predicted molar refractivity (Wildman–Crippen MR) is 77.8 cm³/mol. The third kappa shape index (κ3) is 3.42. The van der Waals surface area contributed by atoms with E-state index in [9.17, 15) is 4.39 Å². The summed E-state index contributed by atoms with van der Waals surface area (Å²) >= 11 is 0. The van der Waals surface area contributed by atoms with E-state index in [1.54, 1.807) is 6.07 Å². The first-order valence-electron chi connectivity index (χ1n) is 6.59. The van der Waals surface area contributed by atoms with Gasteiger partial charge in [0.1, 0.15) is 5.82 Å². The van der Waals surface area contributed by atoms with Gasteiger partial charge in [0.15, 0.2) is 0 Å². The molecule has 2 rings (SSSR count). The van der Waals surface area contributed by atoms with Crippen molar-refractivity contribution in [3.8, 4) is 0 Å². The zero-order valence-electron chi connectivity index (χ0n) is 11.7. The Labute approximate surface area is 114 Å². The number of aryl methyl sites for hydroxylation is 2. The number of hydrogen-bond acceptors (Lipinski definition) is 1. The highest BCUT2D eigenvalue weighted by Gasteiger charge is 2.12. The van der Waals surface area contributed by atoms with Gasteiger partial charge in [-0.05, 0) is 56.1 Å². The normalized spacial score (nSPS) is 12.4. The Balaban J connectivity index is 2.23. The average molecular weight is 257 g/mol. The van der Waals surface area contributed by atoms with Gasteiger partial charge >= 0.3 is 0 Å². The van der Waals surface area contributed by atoms with Crippen LogP contribution in [0.5, 0.6) is 0 Å². The van der Waals surface area contributed by atoms with E-state index in [0.29, 0.717) is 0 Å². The molecule has 0 radical (unpaired) electrons. The van der Waals surface area contributed by atoms with Gasteiger partial charge in [-0.3, -0.25) is 0 Å². The first-order chi connectivity index (χ1) is 9.10. The van der Waals surface area contributed by atoms with Crippen molar-refractivity contribution in [3.63, 3.8) is 0 Å². The van der Waals surface area contributed by atoms with Gasteiger partial charge in [0.25, 0.3) is 0 Å². The van der Waals surface area contributed by atoms with Crippen molar-refractivity contribution in [2.45, 2.75) is 26.3 Å². The standard InChI is InChI=1S/C17H20FN/c1-12-4-7-14(8-5-12)17(19-3)11-15-10-16(18)9-6-13(15)2/h4-10,17,19H,11H2,1-3H3. The molecule has 2 aromatic carbocycles. The molecule has 1 unspecified atom stereocenters. The minimum absolute atomic E-state index is 0.167. The molecule has 19 heavy (non-hydrogen) atoms. The van der Waals surface area contributed by atoms with E-state index in [4.69, 9.17) is 0 Å². The third-order valence-corrected chi connectivity index (χ3v) is 3.56. The van der Waals surface area contributed by atoms with Crippen molar-refractivity contribution in [2.24, 2.45) is 0 Å². The number of rotatable bonds is 4. The molecule has 2 aromatic rings. The largest absolute Gasteiger partial charge is 0.313 e.